The van der Waals surface area contributed by atoms with Crippen LogP contribution in [0.4, 0.5) is 0 Å². The molecule has 1 aromatic carbocycles. The topological polar surface area (TPSA) is 66.5 Å². The molecule has 118 valence electrons. The van der Waals surface area contributed by atoms with Gasteiger partial charge >= 0.3 is 0 Å². The van der Waals surface area contributed by atoms with E-state index in [-0.39, 0.29) is 16.8 Å². The molecule has 6 heteroatoms. The standard InChI is InChI=1S/C15H24N2O3S/c1-5-12(2)16-15(18)11-8-13-6-9-14(10-7-13)21(19,20)17(3)4/h6-7,9-10,12H,5,8,11H2,1-4H3,(H,16,18)/t12-/m1/s1. The minimum atomic E-state index is -3.39. The van der Waals surface area contributed by atoms with Crippen LogP contribution in [0.2, 0.25) is 0 Å². The lowest BCUT2D eigenvalue weighted by molar-refractivity contribution is -0.121. The van der Waals surface area contributed by atoms with Crippen LogP contribution in [0.5, 0.6) is 0 Å². The van der Waals surface area contributed by atoms with Gasteiger partial charge in [-0.3, -0.25) is 4.79 Å². The summed E-state index contributed by atoms with van der Waals surface area (Å²) >= 11 is 0. The Morgan fingerprint density at radius 1 is 1.24 bits per heavy atom. The van der Waals surface area contributed by atoms with Crippen molar-refractivity contribution in [3.8, 4) is 0 Å². The summed E-state index contributed by atoms with van der Waals surface area (Å²) in [4.78, 5) is 12.0. The first-order valence-corrected chi connectivity index (χ1v) is 8.52. The summed E-state index contributed by atoms with van der Waals surface area (Å²) < 4.78 is 25.0. The first kappa shape index (κ1) is 17.7. The van der Waals surface area contributed by atoms with Crippen molar-refractivity contribution in [1.82, 2.24) is 9.62 Å². The Bertz CT molecular complexity index is 565. The molecule has 0 aliphatic carbocycles. The number of hydrogen-bond acceptors (Lipinski definition) is 3. The number of carbonyl (C=O) groups excluding carboxylic acids is 1. The van der Waals surface area contributed by atoms with Gasteiger partial charge in [0.2, 0.25) is 15.9 Å². The van der Waals surface area contributed by atoms with Crippen LogP contribution in [0, 0.1) is 0 Å². The zero-order chi connectivity index (χ0) is 16.0. The lowest BCUT2D eigenvalue weighted by atomic mass is 10.1. The molecule has 1 amide bonds. The normalized spacial score (nSPS) is 13.2. The fraction of sp³-hybridized carbons (Fsp3) is 0.533. The minimum absolute atomic E-state index is 0.0225. The second-order valence-electron chi connectivity index (χ2n) is 5.31. The molecule has 0 aliphatic heterocycles. The summed E-state index contributed by atoms with van der Waals surface area (Å²) in [6.45, 7) is 3.99. The van der Waals surface area contributed by atoms with Crippen LogP contribution in [0.25, 0.3) is 0 Å². The second kappa shape index (κ2) is 7.56. The van der Waals surface area contributed by atoms with Gasteiger partial charge in [0, 0.05) is 26.6 Å². The fourth-order valence-corrected chi connectivity index (χ4v) is 2.65. The van der Waals surface area contributed by atoms with Crippen molar-refractivity contribution >= 4 is 15.9 Å². The van der Waals surface area contributed by atoms with Crippen molar-refractivity contribution in [3.63, 3.8) is 0 Å². The Morgan fingerprint density at radius 3 is 2.29 bits per heavy atom. The molecule has 1 N–H and O–H groups in total. The van der Waals surface area contributed by atoms with Crippen molar-refractivity contribution < 1.29 is 13.2 Å². The summed E-state index contributed by atoms with van der Waals surface area (Å²) in [6, 6.07) is 6.86. The molecule has 1 atom stereocenters. The van der Waals surface area contributed by atoms with E-state index in [0.717, 1.165) is 12.0 Å². The molecule has 0 unspecified atom stereocenters. The first-order chi connectivity index (χ1) is 9.77. The number of benzene rings is 1. The molecule has 1 rings (SSSR count). The molecule has 0 spiro atoms. The molecule has 5 nitrogen and oxygen atoms in total. The highest BCUT2D eigenvalue weighted by molar-refractivity contribution is 7.89. The van der Waals surface area contributed by atoms with Gasteiger partial charge in [-0.1, -0.05) is 19.1 Å². The van der Waals surface area contributed by atoms with Crippen LogP contribution in [0.1, 0.15) is 32.3 Å². The summed E-state index contributed by atoms with van der Waals surface area (Å²) in [6.07, 6.45) is 1.91. The Hall–Kier alpha value is -1.40. The number of rotatable bonds is 7. The minimum Gasteiger partial charge on any atom is -0.354 e. The van der Waals surface area contributed by atoms with Gasteiger partial charge in [0.05, 0.1) is 4.90 Å². The van der Waals surface area contributed by atoms with E-state index in [2.05, 4.69) is 5.32 Å². The summed E-state index contributed by atoms with van der Waals surface area (Å²) in [5.41, 5.74) is 0.951. The van der Waals surface area contributed by atoms with Crippen LogP contribution in [0.15, 0.2) is 29.2 Å². The summed E-state index contributed by atoms with van der Waals surface area (Å²) in [7, 11) is -0.385. The zero-order valence-electron chi connectivity index (χ0n) is 13.1. The average Bonchev–Trinajstić information content (AvgIpc) is 2.45. The van der Waals surface area contributed by atoms with Gasteiger partial charge in [-0.25, -0.2) is 12.7 Å². The van der Waals surface area contributed by atoms with E-state index in [1.165, 1.54) is 18.4 Å². The maximum absolute atomic E-state index is 11.9. The van der Waals surface area contributed by atoms with Crippen LogP contribution < -0.4 is 5.32 Å². The predicted octanol–water partition coefficient (Wildman–Crippen LogP) is 1.78. The Morgan fingerprint density at radius 2 is 1.81 bits per heavy atom. The zero-order valence-corrected chi connectivity index (χ0v) is 13.9. The number of hydrogen-bond donors (Lipinski definition) is 1. The summed E-state index contributed by atoms with van der Waals surface area (Å²) in [5.74, 6) is 0.0225. The Balaban J connectivity index is 2.62. The number of aryl methyl sites for hydroxylation is 1. The molecule has 0 bridgehead atoms. The van der Waals surface area contributed by atoms with Gasteiger partial charge in [-0.2, -0.15) is 0 Å². The van der Waals surface area contributed by atoms with E-state index in [9.17, 15) is 13.2 Å². The number of sulfonamides is 1. The van der Waals surface area contributed by atoms with E-state index in [4.69, 9.17) is 0 Å². The van der Waals surface area contributed by atoms with Crippen LogP contribution in [-0.4, -0.2) is 38.8 Å². The highest BCUT2D eigenvalue weighted by Crippen LogP contribution is 2.14. The molecule has 1 aromatic rings. The molecule has 0 aliphatic rings. The lowest BCUT2D eigenvalue weighted by Gasteiger charge is -2.12. The van der Waals surface area contributed by atoms with Gasteiger partial charge in [-0.15, -0.1) is 0 Å². The van der Waals surface area contributed by atoms with Crippen molar-refractivity contribution in [3.05, 3.63) is 29.8 Å². The number of nitrogens with zero attached hydrogens (tertiary/aromatic N) is 1. The van der Waals surface area contributed by atoms with Gasteiger partial charge in [0.15, 0.2) is 0 Å². The largest absolute Gasteiger partial charge is 0.354 e. The van der Waals surface area contributed by atoms with E-state index < -0.39 is 10.0 Å². The van der Waals surface area contributed by atoms with Crippen molar-refractivity contribution in [2.45, 2.75) is 44.0 Å². The van der Waals surface area contributed by atoms with Crippen LogP contribution in [-0.2, 0) is 21.2 Å². The van der Waals surface area contributed by atoms with Gasteiger partial charge in [0.1, 0.15) is 0 Å². The third kappa shape index (κ3) is 5.13. The number of nitrogens with one attached hydrogen (secondary N) is 1. The number of carbonyl (C=O) groups is 1. The predicted molar refractivity (Wildman–Crippen MR) is 83.5 cm³/mol. The average molecular weight is 312 g/mol. The SMILES string of the molecule is CC[C@@H](C)NC(=O)CCc1ccc(S(=O)(=O)N(C)C)cc1. The fourth-order valence-electron chi connectivity index (χ4n) is 1.75. The third-order valence-corrected chi connectivity index (χ3v) is 5.19. The lowest BCUT2D eigenvalue weighted by Crippen LogP contribution is -2.32. The monoisotopic (exact) mass is 312 g/mol. The maximum Gasteiger partial charge on any atom is 0.242 e. The van der Waals surface area contributed by atoms with E-state index in [0.29, 0.717) is 12.8 Å². The number of amides is 1. The molecule has 0 fully saturated rings. The molecule has 0 heterocycles. The van der Waals surface area contributed by atoms with E-state index >= 15 is 0 Å². The molecule has 0 aromatic heterocycles. The third-order valence-electron chi connectivity index (χ3n) is 3.36. The molecule has 0 radical (unpaired) electrons. The van der Waals surface area contributed by atoms with E-state index in [1.807, 2.05) is 13.8 Å². The molecular formula is C15H24N2O3S. The van der Waals surface area contributed by atoms with Gasteiger partial charge < -0.3 is 5.32 Å². The van der Waals surface area contributed by atoms with Crippen LogP contribution >= 0.6 is 0 Å². The molecule has 0 saturated heterocycles. The Labute approximate surface area is 127 Å². The molecular weight excluding hydrogens is 288 g/mol. The van der Waals surface area contributed by atoms with Crippen LogP contribution in [0.3, 0.4) is 0 Å². The second-order valence-corrected chi connectivity index (χ2v) is 7.46. The van der Waals surface area contributed by atoms with Crippen molar-refractivity contribution in [2.75, 3.05) is 14.1 Å². The highest BCUT2D eigenvalue weighted by Gasteiger charge is 2.16. The van der Waals surface area contributed by atoms with E-state index in [1.54, 1.807) is 24.3 Å². The molecule has 21 heavy (non-hydrogen) atoms. The van der Waals surface area contributed by atoms with Crippen molar-refractivity contribution in [1.29, 1.82) is 0 Å². The first-order valence-electron chi connectivity index (χ1n) is 7.08. The maximum atomic E-state index is 11.9. The highest BCUT2D eigenvalue weighted by atomic mass is 32.2. The van der Waals surface area contributed by atoms with Gasteiger partial charge in [-0.05, 0) is 37.5 Å². The van der Waals surface area contributed by atoms with Gasteiger partial charge in [0.25, 0.3) is 0 Å². The smallest absolute Gasteiger partial charge is 0.242 e. The Kier molecular flexibility index (Phi) is 6.36. The molecule has 0 saturated carbocycles. The quantitative estimate of drug-likeness (QED) is 0.834. The van der Waals surface area contributed by atoms with Crippen molar-refractivity contribution in [2.24, 2.45) is 0 Å². The summed E-state index contributed by atoms with van der Waals surface area (Å²) in [5, 5.41) is 2.91.